The van der Waals surface area contributed by atoms with E-state index in [2.05, 4.69) is 4.99 Å². The molecule has 0 aliphatic rings. The van der Waals surface area contributed by atoms with E-state index in [1.165, 1.54) is 6.07 Å². The molecule has 0 spiro atoms. The van der Waals surface area contributed by atoms with Crippen molar-refractivity contribution in [2.75, 3.05) is 6.54 Å². The van der Waals surface area contributed by atoms with Gasteiger partial charge < -0.3 is 15.0 Å². The third-order valence-corrected chi connectivity index (χ3v) is 1.72. The number of para-hydroxylation sites is 1. The van der Waals surface area contributed by atoms with Crippen LogP contribution < -0.4 is 10.2 Å². The molecular formula is C10H9CuNO3. The van der Waals surface area contributed by atoms with Crippen molar-refractivity contribution in [3.8, 4) is 5.75 Å². The van der Waals surface area contributed by atoms with Crippen LogP contribution in [0.2, 0.25) is 0 Å². The Bertz CT molecular complexity index is 377. The molecule has 1 radical (unpaired) electrons. The molecular weight excluding hydrogens is 246 g/mol. The van der Waals surface area contributed by atoms with Gasteiger partial charge in [0.25, 0.3) is 0 Å². The van der Waals surface area contributed by atoms with Gasteiger partial charge in [-0.15, -0.1) is 0 Å². The molecule has 1 aromatic carbocycles. The summed E-state index contributed by atoms with van der Waals surface area (Å²) < 4.78 is 0. The first kappa shape index (κ1) is 13.7. The van der Waals surface area contributed by atoms with Crippen LogP contribution in [0.1, 0.15) is 12.5 Å². The molecule has 0 bridgehead atoms. The molecule has 0 heterocycles. The predicted molar refractivity (Wildman–Crippen MR) is 48.0 cm³/mol. The fourth-order valence-electron chi connectivity index (χ4n) is 1.03. The van der Waals surface area contributed by atoms with Gasteiger partial charge in [-0.25, -0.2) is 0 Å². The fraction of sp³-hybridized carbons (Fsp3) is 0.200. The average molecular weight is 255 g/mol. The number of carbonyl (C=O) groups excluding carboxylic acids is 1. The first-order valence-electron chi connectivity index (χ1n) is 4.08. The van der Waals surface area contributed by atoms with Crippen molar-refractivity contribution in [3.63, 3.8) is 0 Å². The molecule has 0 aromatic heterocycles. The fourth-order valence-corrected chi connectivity index (χ4v) is 1.03. The van der Waals surface area contributed by atoms with Crippen molar-refractivity contribution in [2.45, 2.75) is 6.92 Å². The van der Waals surface area contributed by atoms with Crippen LogP contribution in [0.3, 0.4) is 0 Å². The Morgan fingerprint density at radius 2 is 2.00 bits per heavy atom. The predicted octanol–water partition coefficient (Wildman–Crippen LogP) is -0.683. The van der Waals surface area contributed by atoms with E-state index in [4.69, 9.17) is 0 Å². The van der Waals surface area contributed by atoms with E-state index in [9.17, 15) is 15.0 Å². The molecule has 15 heavy (non-hydrogen) atoms. The van der Waals surface area contributed by atoms with E-state index in [0.717, 1.165) is 0 Å². The maximum atomic E-state index is 11.3. The standard InChI is InChI=1S/C10H11NO3.Cu/c1-7(11-6-10(13)14)8-4-2-3-5-9(8)12;/h2-5,12H,6H2,1H3,(H,13,14);/q;+2/p-2. The molecule has 0 N–H and O–H groups in total. The van der Waals surface area contributed by atoms with Crippen LogP contribution >= 0.6 is 0 Å². The number of rotatable bonds is 3. The summed E-state index contributed by atoms with van der Waals surface area (Å²) in [6.07, 6.45) is 0. The molecule has 0 aliphatic heterocycles. The largest absolute Gasteiger partial charge is 2.00 e. The monoisotopic (exact) mass is 254 g/mol. The molecule has 0 saturated heterocycles. The Balaban J connectivity index is 0.00000196. The van der Waals surface area contributed by atoms with Gasteiger partial charge in [0.05, 0.1) is 12.5 Å². The minimum absolute atomic E-state index is 0. The Kier molecular flexibility index (Phi) is 5.67. The molecule has 83 valence electrons. The second-order valence-electron chi connectivity index (χ2n) is 2.77. The van der Waals surface area contributed by atoms with Crippen molar-refractivity contribution in [1.29, 1.82) is 0 Å². The zero-order chi connectivity index (χ0) is 10.6. The Morgan fingerprint density at radius 3 is 2.53 bits per heavy atom. The quantitative estimate of drug-likeness (QED) is 0.530. The van der Waals surface area contributed by atoms with Crippen molar-refractivity contribution >= 4 is 11.7 Å². The topological polar surface area (TPSA) is 75.5 Å². The van der Waals surface area contributed by atoms with Crippen LogP contribution in [-0.2, 0) is 21.9 Å². The number of aliphatic imine (C=N–C) groups is 1. The summed E-state index contributed by atoms with van der Waals surface area (Å²) in [6.45, 7) is 1.18. The molecule has 5 heteroatoms. The number of hydrogen-bond donors (Lipinski definition) is 0. The zero-order valence-corrected chi connectivity index (χ0v) is 8.93. The first-order chi connectivity index (χ1) is 6.61. The molecule has 0 aliphatic carbocycles. The SMILES string of the molecule is CC(=NCC(=O)[O-])c1ccccc1[O-].[Cu+2]. The third-order valence-electron chi connectivity index (χ3n) is 1.72. The average Bonchev–Trinajstić information content (AvgIpc) is 2.15. The smallest absolute Gasteiger partial charge is 0.872 e. The van der Waals surface area contributed by atoms with E-state index < -0.39 is 12.5 Å². The van der Waals surface area contributed by atoms with Crippen molar-refractivity contribution in [1.82, 2.24) is 0 Å². The second kappa shape index (κ2) is 6.22. The van der Waals surface area contributed by atoms with E-state index in [1.807, 2.05) is 0 Å². The number of carbonyl (C=O) groups is 1. The van der Waals surface area contributed by atoms with Gasteiger partial charge in [-0.3, -0.25) is 4.99 Å². The molecule has 4 nitrogen and oxygen atoms in total. The van der Waals surface area contributed by atoms with Crippen LogP contribution in [0.25, 0.3) is 0 Å². The number of carboxylic acids is 1. The van der Waals surface area contributed by atoms with Crippen molar-refractivity contribution in [3.05, 3.63) is 29.8 Å². The maximum Gasteiger partial charge on any atom is 2.00 e. The Hall–Kier alpha value is -1.32. The van der Waals surface area contributed by atoms with Crippen molar-refractivity contribution in [2.24, 2.45) is 4.99 Å². The zero-order valence-electron chi connectivity index (χ0n) is 7.99. The number of carboxylic acid groups (broad SMARTS) is 1. The van der Waals surface area contributed by atoms with Gasteiger partial charge in [-0.05, 0) is 12.5 Å². The second-order valence-corrected chi connectivity index (χ2v) is 2.77. The van der Waals surface area contributed by atoms with Gasteiger partial charge in [0, 0.05) is 5.71 Å². The molecule has 0 unspecified atom stereocenters. The first-order valence-corrected chi connectivity index (χ1v) is 4.08. The molecule has 0 fully saturated rings. The maximum absolute atomic E-state index is 11.3. The summed E-state index contributed by atoms with van der Waals surface area (Å²) in [4.78, 5) is 13.8. The third kappa shape index (κ3) is 4.14. The minimum atomic E-state index is -1.26. The number of aliphatic carboxylic acids is 1. The van der Waals surface area contributed by atoms with Gasteiger partial charge in [-0.2, -0.15) is 0 Å². The molecule has 0 amide bonds. The Morgan fingerprint density at radius 1 is 1.40 bits per heavy atom. The van der Waals surface area contributed by atoms with Gasteiger partial charge in [0.15, 0.2) is 0 Å². The molecule has 1 rings (SSSR count). The summed E-state index contributed by atoms with van der Waals surface area (Å²) in [7, 11) is 0. The van der Waals surface area contributed by atoms with Crippen LogP contribution in [0, 0.1) is 0 Å². The number of hydrogen-bond acceptors (Lipinski definition) is 4. The van der Waals surface area contributed by atoms with Gasteiger partial charge in [0.2, 0.25) is 0 Å². The van der Waals surface area contributed by atoms with Gasteiger partial charge >= 0.3 is 17.1 Å². The van der Waals surface area contributed by atoms with E-state index in [0.29, 0.717) is 11.3 Å². The van der Waals surface area contributed by atoms with Crippen LogP contribution in [0.5, 0.6) is 5.75 Å². The van der Waals surface area contributed by atoms with Crippen LogP contribution in [0.4, 0.5) is 0 Å². The summed E-state index contributed by atoms with van der Waals surface area (Å²) >= 11 is 0. The summed E-state index contributed by atoms with van der Waals surface area (Å²) in [5.41, 5.74) is 0.841. The van der Waals surface area contributed by atoms with E-state index in [1.54, 1.807) is 25.1 Å². The van der Waals surface area contributed by atoms with E-state index in [-0.39, 0.29) is 22.8 Å². The molecule has 0 saturated carbocycles. The summed E-state index contributed by atoms with van der Waals surface area (Å²) in [5.74, 6) is -1.42. The number of benzene rings is 1. The van der Waals surface area contributed by atoms with Gasteiger partial charge in [0.1, 0.15) is 0 Å². The summed E-state index contributed by atoms with van der Waals surface area (Å²) in [5, 5.41) is 21.4. The van der Waals surface area contributed by atoms with Crippen LogP contribution in [0.15, 0.2) is 29.3 Å². The van der Waals surface area contributed by atoms with Crippen molar-refractivity contribution < 1.29 is 32.1 Å². The molecule has 0 atom stereocenters. The van der Waals surface area contributed by atoms with Crippen LogP contribution in [-0.4, -0.2) is 18.2 Å². The normalized spacial score (nSPS) is 10.6. The summed E-state index contributed by atoms with van der Waals surface area (Å²) in [6, 6.07) is 6.34. The Labute approximate surface area is 98.1 Å². The van der Waals surface area contributed by atoms with E-state index >= 15 is 0 Å². The molecule has 1 aromatic rings. The number of nitrogens with zero attached hydrogens (tertiary/aromatic N) is 1. The minimum Gasteiger partial charge on any atom is -0.872 e. The van der Waals surface area contributed by atoms with Gasteiger partial charge in [-0.1, -0.05) is 30.0 Å².